The number of hydrogen-bond donors (Lipinski definition) is 1. The average molecular weight is 337 g/mol. The van der Waals surface area contributed by atoms with Crippen molar-refractivity contribution in [2.45, 2.75) is 26.3 Å². The first-order valence-electron chi connectivity index (χ1n) is 6.49. The lowest BCUT2D eigenvalue weighted by molar-refractivity contribution is 0.501. The highest BCUT2D eigenvalue weighted by Crippen LogP contribution is 2.17. The van der Waals surface area contributed by atoms with Gasteiger partial charge in [-0.05, 0) is 47.8 Å². The molecule has 20 heavy (non-hydrogen) atoms. The summed E-state index contributed by atoms with van der Waals surface area (Å²) in [7, 11) is 0. The molecule has 2 aromatic rings. The second-order valence-corrected chi connectivity index (χ2v) is 5.55. The van der Waals surface area contributed by atoms with E-state index in [0.717, 1.165) is 24.2 Å². The zero-order chi connectivity index (χ0) is 14.5. The van der Waals surface area contributed by atoms with E-state index in [2.05, 4.69) is 31.3 Å². The van der Waals surface area contributed by atoms with Crippen LogP contribution in [0.2, 0.25) is 0 Å². The number of nitrogens with one attached hydrogen (secondary N) is 1. The van der Waals surface area contributed by atoms with Crippen molar-refractivity contribution >= 4 is 21.6 Å². The van der Waals surface area contributed by atoms with E-state index in [1.54, 1.807) is 12.4 Å². The van der Waals surface area contributed by atoms with Crippen molar-refractivity contribution in [2.24, 2.45) is 0 Å². The molecular weight excluding hydrogens is 320 g/mol. The number of rotatable bonds is 5. The summed E-state index contributed by atoms with van der Waals surface area (Å²) in [5.41, 5.74) is 1.75. The summed E-state index contributed by atoms with van der Waals surface area (Å²) >= 11 is 3.34. The Morgan fingerprint density at radius 2 is 2.20 bits per heavy atom. The number of hydrogen-bond acceptors (Lipinski definition) is 4. The Labute approximate surface area is 126 Å². The third-order valence-corrected chi connectivity index (χ3v) is 3.65. The quantitative estimate of drug-likeness (QED) is 0.911. The minimum absolute atomic E-state index is 0.0447. The van der Waals surface area contributed by atoms with Gasteiger partial charge in [0.15, 0.2) is 0 Å². The van der Waals surface area contributed by atoms with E-state index in [-0.39, 0.29) is 11.6 Å². The Morgan fingerprint density at radius 1 is 1.40 bits per heavy atom. The molecular formula is C14H17BrN4O. The summed E-state index contributed by atoms with van der Waals surface area (Å²) in [5, 5.41) is 7.38. The summed E-state index contributed by atoms with van der Waals surface area (Å²) in [6, 6.07) is 3.98. The zero-order valence-electron chi connectivity index (χ0n) is 11.5. The van der Waals surface area contributed by atoms with Gasteiger partial charge in [0, 0.05) is 18.9 Å². The fourth-order valence-corrected chi connectivity index (χ4v) is 2.25. The first-order chi connectivity index (χ1) is 9.59. The second kappa shape index (κ2) is 6.65. The number of anilines is 1. The van der Waals surface area contributed by atoms with Crippen molar-refractivity contribution in [3.8, 4) is 0 Å². The molecule has 0 spiro atoms. The minimum Gasteiger partial charge on any atom is -0.382 e. The summed E-state index contributed by atoms with van der Waals surface area (Å²) < 4.78 is 1.98. The largest absolute Gasteiger partial charge is 0.382 e. The van der Waals surface area contributed by atoms with Gasteiger partial charge < -0.3 is 5.32 Å². The molecule has 0 saturated heterocycles. The average Bonchev–Trinajstić information content (AvgIpc) is 2.44. The Morgan fingerprint density at radius 3 is 2.85 bits per heavy atom. The molecule has 1 N–H and O–H groups in total. The molecule has 0 aliphatic heterocycles. The van der Waals surface area contributed by atoms with Crippen LogP contribution in [0.1, 0.15) is 25.5 Å². The Balaban J connectivity index is 2.04. The van der Waals surface area contributed by atoms with Crippen LogP contribution in [-0.4, -0.2) is 21.3 Å². The van der Waals surface area contributed by atoms with Gasteiger partial charge in [0.2, 0.25) is 0 Å². The van der Waals surface area contributed by atoms with E-state index in [0.29, 0.717) is 4.47 Å². The molecule has 2 rings (SSSR count). The van der Waals surface area contributed by atoms with Crippen molar-refractivity contribution < 1.29 is 0 Å². The first kappa shape index (κ1) is 14.7. The second-order valence-electron chi connectivity index (χ2n) is 4.75. The predicted octanol–water partition coefficient (Wildman–Crippen LogP) is 2.64. The van der Waals surface area contributed by atoms with Crippen LogP contribution in [0.5, 0.6) is 0 Å². The highest BCUT2D eigenvalue weighted by molar-refractivity contribution is 9.10. The molecule has 0 unspecified atom stereocenters. The maximum atomic E-state index is 12.1. The molecule has 6 heteroatoms. The number of halogens is 1. The lowest BCUT2D eigenvalue weighted by Crippen LogP contribution is -2.26. The molecule has 0 bridgehead atoms. The monoisotopic (exact) mass is 336 g/mol. The Hall–Kier alpha value is -1.69. The molecule has 5 nitrogen and oxygen atoms in total. The molecule has 0 aliphatic carbocycles. The number of nitrogens with zero attached hydrogens (tertiary/aromatic N) is 3. The molecule has 0 amide bonds. The van der Waals surface area contributed by atoms with Crippen molar-refractivity contribution in [2.75, 3.05) is 11.9 Å². The Bertz CT molecular complexity index is 625. The van der Waals surface area contributed by atoms with Gasteiger partial charge in [0.25, 0.3) is 5.56 Å². The maximum Gasteiger partial charge on any atom is 0.283 e. The maximum absolute atomic E-state index is 12.1. The summed E-state index contributed by atoms with van der Waals surface area (Å²) in [5.74, 6) is 0. The van der Waals surface area contributed by atoms with Gasteiger partial charge >= 0.3 is 0 Å². The smallest absolute Gasteiger partial charge is 0.283 e. The van der Waals surface area contributed by atoms with Gasteiger partial charge in [-0.1, -0.05) is 6.07 Å². The van der Waals surface area contributed by atoms with Crippen molar-refractivity contribution in [1.82, 2.24) is 14.8 Å². The van der Waals surface area contributed by atoms with Gasteiger partial charge in [-0.2, -0.15) is 5.10 Å². The summed E-state index contributed by atoms with van der Waals surface area (Å²) in [6.45, 7) is 4.57. The van der Waals surface area contributed by atoms with E-state index in [9.17, 15) is 4.79 Å². The molecule has 0 saturated carbocycles. The van der Waals surface area contributed by atoms with Crippen LogP contribution >= 0.6 is 15.9 Å². The van der Waals surface area contributed by atoms with E-state index in [1.165, 1.54) is 4.68 Å². The first-order valence-corrected chi connectivity index (χ1v) is 7.29. The van der Waals surface area contributed by atoms with Crippen LogP contribution in [-0.2, 0) is 6.42 Å². The summed E-state index contributed by atoms with van der Waals surface area (Å²) in [4.78, 5) is 16.1. The standard InChI is InChI=1S/C14H17BrN4O/c1-10(2)19-14(20)13(15)12(9-18-19)17-7-5-11-4-3-6-16-8-11/h3-4,6,8-10,17H,5,7H2,1-2H3. The van der Waals surface area contributed by atoms with Gasteiger partial charge in [-0.25, -0.2) is 4.68 Å². The fourth-order valence-electron chi connectivity index (χ4n) is 1.82. The highest BCUT2D eigenvalue weighted by atomic mass is 79.9. The third kappa shape index (κ3) is 3.45. The Kier molecular flexibility index (Phi) is 4.89. The molecule has 2 aromatic heterocycles. The van der Waals surface area contributed by atoms with Crippen LogP contribution < -0.4 is 10.9 Å². The molecule has 0 fully saturated rings. The van der Waals surface area contributed by atoms with Crippen LogP contribution in [0.25, 0.3) is 0 Å². The SMILES string of the molecule is CC(C)n1ncc(NCCc2cccnc2)c(Br)c1=O. The van der Waals surface area contributed by atoms with Crippen LogP contribution in [0.4, 0.5) is 5.69 Å². The van der Waals surface area contributed by atoms with Crippen LogP contribution in [0.15, 0.2) is 40.0 Å². The van der Waals surface area contributed by atoms with Crippen LogP contribution in [0.3, 0.4) is 0 Å². The molecule has 0 radical (unpaired) electrons. The van der Waals surface area contributed by atoms with Gasteiger partial charge in [0.05, 0.1) is 17.9 Å². The molecule has 2 heterocycles. The molecule has 106 valence electrons. The van der Waals surface area contributed by atoms with E-state index < -0.39 is 0 Å². The van der Waals surface area contributed by atoms with Gasteiger partial charge in [-0.3, -0.25) is 9.78 Å². The molecule has 0 atom stereocenters. The van der Waals surface area contributed by atoms with E-state index in [4.69, 9.17) is 0 Å². The van der Waals surface area contributed by atoms with Crippen molar-refractivity contribution in [1.29, 1.82) is 0 Å². The van der Waals surface area contributed by atoms with Crippen molar-refractivity contribution in [3.63, 3.8) is 0 Å². The highest BCUT2D eigenvalue weighted by Gasteiger charge is 2.10. The van der Waals surface area contributed by atoms with Gasteiger partial charge in [0.1, 0.15) is 4.47 Å². The van der Waals surface area contributed by atoms with Gasteiger partial charge in [-0.15, -0.1) is 0 Å². The third-order valence-electron chi connectivity index (χ3n) is 2.88. The zero-order valence-corrected chi connectivity index (χ0v) is 13.1. The lowest BCUT2D eigenvalue weighted by Gasteiger charge is -2.12. The molecule has 0 aliphatic rings. The predicted molar refractivity (Wildman–Crippen MR) is 83.0 cm³/mol. The lowest BCUT2D eigenvalue weighted by atomic mass is 10.2. The number of pyridine rings is 1. The summed E-state index contributed by atoms with van der Waals surface area (Å²) in [6.07, 6.45) is 6.11. The van der Waals surface area contributed by atoms with E-state index >= 15 is 0 Å². The van der Waals surface area contributed by atoms with E-state index in [1.807, 2.05) is 32.2 Å². The fraction of sp³-hybridized carbons (Fsp3) is 0.357. The minimum atomic E-state index is -0.119. The normalized spacial score (nSPS) is 10.8. The van der Waals surface area contributed by atoms with Crippen molar-refractivity contribution in [3.05, 3.63) is 51.1 Å². The molecule has 0 aromatic carbocycles. The number of aromatic nitrogens is 3. The topological polar surface area (TPSA) is 59.8 Å². The van der Waals surface area contributed by atoms with Crippen LogP contribution in [0, 0.1) is 0 Å².